The molecule has 0 fully saturated rings. The van der Waals surface area contributed by atoms with Crippen LogP contribution < -0.4 is 10.2 Å². The van der Waals surface area contributed by atoms with Crippen molar-refractivity contribution in [3.8, 4) is 0 Å². The average Bonchev–Trinajstić information content (AvgIpc) is 2.86. The van der Waals surface area contributed by atoms with Crippen LogP contribution in [0, 0.1) is 0 Å². The highest BCUT2D eigenvalue weighted by Gasteiger charge is 2.07. The lowest BCUT2D eigenvalue weighted by Crippen LogP contribution is -2.22. The number of nitrogens with zero attached hydrogens (tertiary/aromatic N) is 2. The Morgan fingerprint density at radius 1 is 1.26 bits per heavy atom. The second-order valence-corrected chi connectivity index (χ2v) is 5.84. The summed E-state index contributed by atoms with van der Waals surface area (Å²) < 4.78 is 0. The van der Waals surface area contributed by atoms with Crippen molar-refractivity contribution < 1.29 is 0 Å². The second-order valence-electron chi connectivity index (χ2n) is 5.00. The topological polar surface area (TPSA) is 28.2 Å². The lowest BCUT2D eigenvalue weighted by molar-refractivity contribution is 0.583. The number of aromatic nitrogens is 1. The predicted octanol–water partition coefficient (Wildman–Crippen LogP) is 3.28. The first-order valence-corrected chi connectivity index (χ1v) is 7.46. The fourth-order valence-corrected chi connectivity index (χ4v) is 2.58. The molecule has 0 aliphatic rings. The number of hydrogen-bond donors (Lipinski definition) is 1. The smallest absolute Gasteiger partial charge is 0.185 e. The average molecular weight is 275 g/mol. The Hall–Kier alpha value is -1.39. The second kappa shape index (κ2) is 6.68. The monoisotopic (exact) mass is 275 g/mol. The van der Waals surface area contributed by atoms with Gasteiger partial charge in [0.05, 0.1) is 5.69 Å². The third kappa shape index (κ3) is 4.33. The van der Waals surface area contributed by atoms with Crippen LogP contribution in [0.2, 0.25) is 0 Å². The molecule has 1 aromatic carbocycles. The van der Waals surface area contributed by atoms with Crippen molar-refractivity contribution in [1.29, 1.82) is 0 Å². The molecule has 0 saturated heterocycles. The van der Waals surface area contributed by atoms with Crippen LogP contribution >= 0.6 is 11.3 Å². The summed E-state index contributed by atoms with van der Waals surface area (Å²) in [7, 11) is 2.09. The maximum atomic E-state index is 4.66. The Labute approximate surface area is 119 Å². The van der Waals surface area contributed by atoms with E-state index in [1.165, 1.54) is 5.56 Å². The minimum Gasteiger partial charge on any atom is -0.347 e. The van der Waals surface area contributed by atoms with Crippen molar-refractivity contribution in [2.45, 2.75) is 33.0 Å². The zero-order valence-electron chi connectivity index (χ0n) is 11.8. The Bertz CT molecular complexity index is 493. The number of hydrogen-bond acceptors (Lipinski definition) is 4. The summed E-state index contributed by atoms with van der Waals surface area (Å²) in [5, 5.41) is 6.59. The summed E-state index contributed by atoms with van der Waals surface area (Å²) in [6.45, 7) is 6.03. The van der Waals surface area contributed by atoms with Crippen LogP contribution in [0.25, 0.3) is 0 Å². The maximum absolute atomic E-state index is 4.66. The molecule has 1 aromatic heterocycles. The highest BCUT2D eigenvalue weighted by molar-refractivity contribution is 7.13. The third-order valence-electron chi connectivity index (χ3n) is 2.82. The SMILES string of the molecule is CC(C)NCc1csc(N(C)Cc2ccccc2)n1. The van der Waals surface area contributed by atoms with Crippen molar-refractivity contribution in [2.24, 2.45) is 0 Å². The summed E-state index contributed by atoms with van der Waals surface area (Å²) in [5.41, 5.74) is 2.43. The van der Waals surface area contributed by atoms with Gasteiger partial charge in [0, 0.05) is 31.6 Å². The molecular weight excluding hydrogens is 254 g/mol. The molecule has 0 radical (unpaired) electrons. The number of thiazole rings is 1. The van der Waals surface area contributed by atoms with Gasteiger partial charge in [-0.25, -0.2) is 4.98 Å². The molecule has 0 bridgehead atoms. The molecule has 1 heterocycles. The lowest BCUT2D eigenvalue weighted by Gasteiger charge is -2.15. The van der Waals surface area contributed by atoms with Crippen LogP contribution in [0.4, 0.5) is 5.13 Å². The fraction of sp³-hybridized carbons (Fsp3) is 0.400. The molecular formula is C15H21N3S. The molecule has 0 atom stereocenters. The molecule has 4 heteroatoms. The highest BCUT2D eigenvalue weighted by atomic mass is 32.1. The lowest BCUT2D eigenvalue weighted by atomic mass is 10.2. The van der Waals surface area contributed by atoms with E-state index in [0.717, 1.165) is 23.9 Å². The van der Waals surface area contributed by atoms with E-state index in [-0.39, 0.29) is 0 Å². The van der Waals surface area contributed by atoms with Gasteiger partial charge in [-0.3, -0.25) is 0 Å². The molecule has 0 aliphatic heterocycles. The molecule has 0 amide bonds. The third-order valence-corrected chi connectivity index (χ3v) is 3.82. The first-order chi connectivity index (χ1) is 9.15. The highest BCUT2D eigenvalue weighted by Crippen LogP contribution is 2.21. The van der Waals surface area contributed by atoms with Crippen molar-refractivity contribution in [1.82, 2.24) is 10.3 Å². The molecule has 0 aliphatic carbocycles. The summed E-state index contributed by atoms with van der Waals surface area (Å²) >= 11 is 1.70. The van der Waals surface area contributed by atoms with E-state index in [1.807, 2.05) is 6.07 Å². The summed E-state index contributed by atoms with van der Waals surface area (Å²) in [6.07, 6.45) is 0. The number of anilines is 1. The quantitative estimate of drug-likeness (QED) is 0.877. The fourth-order valence-electron chi connectivity index (χ4n) is 1.79. The first-order valence-electron chi connectivity index (χ1n) is 6.58. The summed E-state index contributed by atoms with van der Waals surface area (Å²) in [4.78, 5) is 6.85. The standard InChI is InChI=1S/C15H21N3S/c1-12(2)16-9-14-11-19-15(17-14)18(3)10-13-7-5-4-6-8-13/h4-8,11-12,16H,9-10H2,1-3H3. The van der Waals surface area contributed by atoms with Crippen LogP contribution in [0.3, 0.4) is 0 Å². The molecule has 2 rings (SSSR count). The largest absolute Gasteiger partial charge is 0.347 e. The van der Waals surface area contributed by atoms with Crippen LogP contribution in [-0.4, -0.2) is 18.1 Å². The zero-order valence-corrected chi connectivity index (χ0v) is 12.6. The van der Waals surface area contributed by atoms with Gasteiger partial charge in [0.2, 0.25) is 0 Å². The van der Waals surface area contributed by atoms with Crippen LogP contribution in [0.5, 0.6) is 0 Å². The zero-order chi connectivity index (χ0) is 13.7. The Morgan fingerprint density at radius 2 is 2.00 bits per heavy atom. The predicted molar refractivity (Wildman–Crippen MR) is 82.6 cm³/mol. The van der Waals surface area contributed by atoms with E-state index >= 15 is 0 Å². The van der Waals surface area contributed by atoms with E-state index in [0.29, 0.717) is 6.04 Å². The number of rotatable bonds is 6. The van der Waals surface area contributed by atoms with Crippen molar-refractivity contribution >= 4 is 16.5 Å². The number of benzene rings is 1. The number of nitrogens with one attached hydrogen (secondary N) is 1. The molecule has 102 valence electrons. The van der Waals surface area contributed by atoms with Gasteiger partial charge in [-0.05, 0) is 5.56 Å². The summed E-state index contributed by atoms with van der Waals surface area (Å²) in [6, 6.07) is 11.0. The summed E-state index contributed by atoms with van der Waals surface area (Å²) in [5.74, 6) is 0. The van der Waals surface area contributed by atoms with Gasteiger partial charge >= 0.3 is 0 Å². The van der Waals surface area contributed by atoms with Crippen molar-refractivity contribution in [3.63, 3.8) is 0 Å². The van der Waals surface area contributed by atoms with Gasteiger partial charge in [0.1, 0.15) is 0 Å². The Morgan fingerprint density at radius 3 is 2.68 bits per heavy atom. The normalized spacial score (nSPS) is 10.9. The van der Waals surface area contributed by atoms with Gasteiger partial charge < -0.3 is 10.2 Å². The molecule has 0 unspecified atom stereocenters. The molecule has 19 heavy (non-hydrogen) atoms. The van der Waals surface area contributed by atoms with E-state index in [9.17, 15) is 0 Å². The van der Waals surface area contributed by atoms with Gasteiger partial charge in [-0.1, -0.05) is 44.2 Å². The maximum Gasteiger partial charge on any atom is 0.185 e. The Kier molecular flexibility index (Phi) is 4.93. The van der Waals surface area contributed by atoms with Crippen molar-refractivity contribution in [2.75, 3.05) is 11.9 Å². The molecule has 3 nitrogen and oxygen atoms in total. The van der Waals surface area contributed by atoms with Crippen LogP contribution in [-0.2, 0) is 13.1 Å². The van der Waals surface area contributed by atoms with E-state index in [2.05, 4.69) is 65.7 Å². The van der Waals surface area contributed by atoms with Crippen LogP contribution in [0.15, 0.2) is 35.7 Å². The molecule has 0 saturated carbocycles. The Balaban J connectivity index is 1.94. The van der Waals surface area contributed by atoms with E-state index in [1.54, 1.807) is 11.3 Å². The van der Waals surface area contributed by atoms with Crippen LogP contribution in [0.1, 0.15) is 25.1 Å². The van der Waals surface area contributed by atoms with Gasteiger partial charge in [0.25, 0.3) is 0 Å². The minimum atomic E-state index is 0.493. The van der Waals surface area contributed by atoms with Crippen molar-refractivity contribution in [3.05, 3.63) is 47.0 Å². The van der Waals surface area contributed by atoms with Gasteiger partial charge in [-0.2, -0.15) is 0 Å². The molecule has 0 spiro atoms. The minimum absolute atomic E-state index is 0.493. The van der Waals surface area contributed by atoms with E-state index in [4.69, 9.17) is 0 Å². The van der Waals surface area contributed by atoms with E-state index < -0.39 is 0 Å². The van der Waals surface area contributed by atoms with Gasteiger partial charge in [0.15, 0.2) is 5.13 Å². The first kappa shape index (κ1) is 14.0. The molecule has 2 aromatic rings. The molecule has 1 N–H and O–H groups in total. The van der Waals surface area contributed by atoms with Gasteiger partial charge in [-0.15, -0.1) is 11.3 Å².